The number of fused-ring (bicyclic) bond motifs is 1. The average molecular weight is 432 g/mol. The van der Waals surface area contributed by atoms with E-state index in [0.717, 1.165) is 34.7 Å². The summed E-state index contributed by atoms with van der Waals surface area (Å²) in [7, 11) is -3.47. The van der Waals surface area contributed by atoms with E-state index in [2.05, 4.69) is 5.32 Å². The van der Waals surface area contributed by atoms with Gasteiger partial charge in [-0.05, 0) is 36.6 Å². The van der Waals surface area contributed by atoms with E-state index in [1.165, 1.54) is 0 Å². The van der Waals surface area contributed by atoms with Crippen LogP contribution in [0.5, 0.6) is 0 Å². The first kappa shape index (κ1) is 20.3. The Morgan fingerprint density at radius 1 is 1.03 bits per heavy atom. The van der Waals surface area contributed by atoms with Crippen molar-refractivity contribution in [3.63, 3.8) is 0 Å². The zero-order chi connectivity index (χ0) is 20.3. The zero-order valence-corrected chi connectivity index (χ0v) is 17.8. The molecule has 0 spiro atoms. The van der Waals surface area contributed by atoms with Gasteiger partial charge in [-0.15, -0.1) is 11.8 Å². The summed E-state index contributed by atoms with van der Waals surface area (Å²) < 4.78 is 27.4. The van der Waals surface area contributed by atoms with Gasteiger partial charge in [-0.1, -0.05) is 30.3 Å². The van der Waals surface area contributed by atoms with Crippen molar-refractivity contribution < 1.29 is 13.2 Å². The molecule has 0 atom stereocenters. The predicted molar refractivity (Wildman–Crippen MR) is 116 cm³/mol. The second-order valence-electron chi connectivity index (χ2n) is 7.27. The normalized spacial score (nSPS) is 17.2. The van der Waals surface area contributed by atoms with Crippen LogP contribution in [0.15, 0.2) is 58.3 Å². The minimum absolute atomic E-state index is 0.0699. The van der Waals surface area contributed by atoms with Crippen LogP contribution in [0.4, 0.5) is 5.69 Å². The first-order chi connectivity index (χ1) is 14.0. The van der Waals surface area contributed by atoms with Crippen molar-refractivity contribution in [2.75, 3.05) is 36.8 Å². The summed E-state index contributed by atoms with van der Waals surface area (Å²) in [6.45, 7) is 2.58. The fraction of sp³-hybridized carbons (Fsp3) is 0.381. The standard InChI is InChI=1S/C21H25N3O3S2/c25-21(22-15-17-6-2-1-3-7-17)16-23-12-13-28-20-9-8-18(14-19(20)23)29(26,27)24-10-4-5-11-24/h1-3,6-9,14H,4-5,10-13,15-16H2,(H,22,25). The van der Waals surface area contributed by atoms with Gasteiger partial charge >= 0.3 is 0 Å². The number of sulfonamides is 1. The van der Waals surface area contributed by atoms with Crippen molar-refractivity contribution in [3.05, 3.63) is 54.1 Å². The molecule has 154 valence electrons. The molecule has 2 heterocycles. The number of thioether (sulfide) groups is 1. The van der Waals surface area contributed by atoms with E-state index < -0.39 is 10.0 Å². The Balaban J connectivity index is 1.48. The van der Waals surface area contributed by atoms with E-state index >= 15 is 0 Å². The first-order valence-corrected chi connectivity index (χ1v) is 12.3. The molecule has 1 N–H and O–H groups in total. The molecular formula is C21H25N3O3S2. The van der Waals surface area contributed by atoms with Crippen LogP contribution >= 0.6 is 11.8 Å². The number of hydrogen-bond acceptors (Lipinski definition) is 5. The van der Waals surface area contributed by atoms with Crippen molar-refractivity contribution in [2.45, 2.75) is 29.2 Å². The molecule has 0 unspecified atom stereocenters. The third-order valence-electron chi connectivity index (χ3n) is 5.26. The number of benzene rings is 2. The van der Waals surface area contributed by atoms with Gasteiger partial charge < -0.3 is 10.2 Å². The number of anilines is 1. The summed E-state index contributed by atoms with van der Waals surface area (Å²) in [6.07, 6.45) is 1.82. The second kappa shape index (κ2) is 8.77. The number of nitrogens with zero attached hydrogens (tertiary/aromatic N) is 2. The Morgan fingerprint density at radius 2 is 1.79 bits per heavy atom. The highest BCUT2D eigenvalue weighted by molar-refractivity contribution is 7.99. The zero-order valence-electron chi connectivity index (χ0n) is 16.2. The minimum Gasteiger partial charge on any atom is -0.360 e. The lowest BCUT2D eigenvalue weighted by molar-refractivity contribution is -0.119. The number of nitrogens with one attached hydrogen (secondary N) is 1. The van der Waals surface area contributed by atoms with Gasteiger partial charge in [-0.25, -0.2) is 8.42 Å². The molecule has 8 heteroatoms. The fourth-order valence-corrected chi connectivity index (χ4v) is 6.25. The molecule has 29 heavy (non-hydrogen) atoms. The maximum absolute atomic E-state index is 12.9. The van der Waals surface area contributed by atoms with Gasteiger partial charge in [0.2, 0.25) is 15.9 Å². The lowest BCUT2D eigenvalue weighted by Gasteiger charge is -2.31. The van der Waals surface area contributed by atoms with Crippen LogP contribution in [0.1, 0.15) is 18.4 Å². The van der Waals surface area contributed by atoms with Gasteiger partial charge in [0, 0.05) is 36.8 Å². The molecule has 1 amide bonds. The van der Waals surface area contributed by atoms with Crippen molar-refractivity contribution in [1.82, 2.24) is 9.62 Å². The highest BCUT2D eigenvalue weighted by atomic mass is 32.2. The molecule has 0 saturated carbocycles. The molecule has 0 bridgehead atoms. The molecule has 2 aliphatic rings. The summed E-state index contributed by atoms with van der Waals surface area (Å²) in [5.41, 5.74) is 1.88. The molecule has 2 aliphatic heterocycles. The molecular weight excluding hydrogens is 406 g/mol. The van der Waals surface area contributed by atoms with Gasteiger partial charge in [-0.2, -0.15) is 4.31 Å². The Bertz CT molecular complexity index is 974. The molecule has 6 nitrogen and oxygen atoms in total. The van der Waals surface area contributed by atoms with Crippen LogP contribution in [0.3, 0.4) is 0 Å². The number of carbonyl (C=O) groups excluding carboxylic acids is 1. The summed E-state index contributed by atoms with van der Waals surface area (Å²) in [5, 5.41) is 2.95. The van der Waals surface area contributed by atoms with Gasteiger partial charge in [0.15, 0.2) is 0 Å². The van der Waals surface area contributed by atoms with Crippen LogP contribution in [0.25, 0.3) is 0 Å². The monoisotopic (exact) mass is 431 g/mol. The molecule has 1 saturated heterocycles. The number of hydrogen-bond donors (Lipinski definition) is 1. The van der Waals surface area contributed by atoms with Crippen LogP contribution in [-0.2, 0) is 21.4 Å². The van der Waals surface area contributed by atoms with E-state index in [4.69, 9.17) is 0 Å². The van der Waals surface area contributed by atoms with E-state index in [9.17, 15) is 13.2 Å². The molecule has 4 rings (SSSR count). The minimum atomic E-state index is -3.47. The van der Waals surface area contributed by atoms with Crippen molar-refractivity contribution >= 4 is 33.4 Å². The summed E-state index contributed by atoms with van der Waals surface area (Å²) in [5.74, 6) is 0.802. The SMILES string of the molecule is O=C(CN1CCSc2ccc(S(=O)(=O)N3CCCC3)cc21)NCc1ccccc1. The number of carbonyl (C=O) groups is 1. The van der Waals surface area contributed by atoms with Crippen LogP contribution in [0.2, 0.25) is 0 Å². The van der Waals surface area contributed by atoms with Crippen molar-refractivity contribution in [1.29, 1.82) is 0 Å². The van der Waals surface area contributed by atoms with Crippen molar-refractivity contribution in [3.8, 4) is 0 Å². The summed E-state index contributed by atoms with van der Waals surface area (Å²) in [4.78, 5) is 15.8. The maximum atomic E-state index is 12.9. The Kier molecular flexibility index (Phi) is 6.12. The van der Waals surface area contributed by atoms with Gasteiger partial charge in [0.05, 0.1) is 17.1 Å². The van der Waals surface area contributed by atoms with E-state index in [1.807, 2.05) is 41.3 Å². The van der Waals surface area contributed by atoms with Crippen LogP contribution < -0.4 is 10.2 Å². The van der Waals surface area contributed by atoms with Crippen LogP contribution in [0, 0.1) is 0 Å². The topological polar surface area (TPSA) is 69.7 Å². The van der Waals surface area contributed by atoms with E-state index in [1.54, 1.807) is 28.2 Å². The van der Waals surface area contributed by atoms with Gasteiger partial charge in [0.1, 0.15) is 0 Å². The summed E-state index contributed by atoms with van der Waals surface area (Å²) in [6, 6.07) is 15.1. The molecule has 2 aromatic carbocycles. The van der Waals surface area contributed by atoms with E-state index in [-0.39, 0.29) is 12.5 Å². The molecule has 1 fully saturated rings. The summed E-state index contributed by atoms with van der Waals surface area (Å²) >= 11 is 1.70. The highest BCUT2D eigenvalue weighted by Crippen LogP contribution is 2.37. The lowest BCUT2D eigenvalue weighted by Crippen LogP contribution is -2.39. The number of amides is 1. The second-order valence-corrected chi connectivity index (χ2v) is 10.3. The number of rotatable bonds is 6. The fourth-order valence-electron chi connectivity index (χ4n) is 3.68. The Morgan fingerprint density at radius 3 is 2.55 bits per heavy atom. The molecule has 0 radical (unpaired) electrons. The molecule has 0 aliphatic carbocycles. The molecule has 0 aromatic heterocycles. The predicted octanol–water partition coefficient (Wildman–Crippen LogP) is 2.70. The molecule has 2 aromatic rings. The van der Waals surface area contributed by atoms with Crippen molar-refractivity contribution in [2.24, 2.45) is 0 Å². The van der Waals surface area contributed by atoms with Crippen LogP contribution in [-0.4, -0.2) is 50.6 Å². The van der Waals surface area contributed by atoms with Gasteiger partial charge in [-0.3, -0.25) is 4.79 Å². The largest absolute Gasteiger partial charge is 0.360 e. The highest BCUT2D eigenvalue weighted by Gasteiger charge is 2.29. The third-order valence-corrected chi connectivity index (χ3v) is 8.20. The Labute approximate surface area is 176 Å². The maximum Gasteiger partial charge on any atom is 0.243 e. The quantitative estimate of drug-likeness (QED) is 0.762. The first-order valence-electron chi connectivity index (χ1n) is 9.86. The lowest BCUT2D eigenvalue weighted by atomic mass is 10.2. The average Bonchev–Trinajstić information content (AvgIpc) is 3.29. The third kappa shape index (κ3) is 4.60. The van der Waals surface area contributed by atoms with E-state index in [0.29, 0.717) is 31.1 Å². The Hall–Kier alpha value is -2.03. The van der Waals surface area contributed by atoms with Gasteiger partial charge in [0.25, 0.3) is 0 Å². The smallest absolute Gasteiger partial charge is 0.243 e.